The summed E-state index contributed by atoms with van der Waals surface area (Å²) in [5.74, 6) is 4.78. The van der Waals surface area contributed by atoms with Crippen molar-refractivity contribution < 1.29 is 9.90 Å². The molecule has 1 unspecified atom stereocenters. The van der Waals surface area contributed by atoms with Crippen LogP contribution in [0.2, 0.25) is 0 Å². The lowest BCUT2D eigenvalue weighted by atomic mass is 10.1. The largest absolute Gasteiger partial charge is 0.389 e. The van der Waals surface area contributed by atoms with Crippen LogP contribution in [-0.2, 0) is 4.79 Å². The maximum atomic E-state index is 10.8. The van der Waals surface area contributed by atoms with Gasteiger partial charge in [-0.05, 0) is 13.3 Å². The predicted molar refractivity (Wildman–Crippen MR) is 48.6 cm³/mol. The van der Waals surface area contributed by atoms with Gasteiger partial charge >= 0.3 is 0 Å². The molecule has 0 saturated carbocycles. The summed E-state index contributed by atoms with van der Waals surface area (Å²) in [5.41, 5.74) is 1.50. The molecule has 0 radical (unpaired) electrons. The Morgan fingerprint density at radius 2 is 2.46 bits per heavy atom. The van der Waals surface area contributed by atoms with Gasteiger partial charge in [-0.2, -0.15) is 0 Å². The average Bonchev–Trinajstić information content (AvgIpc) is 2.41. The van der Waals surface area contributed by atoms with Crippen molar-refractivity contribution in [3.05, 3.63) is 0 Å². The van der Waals surface area contributed by atoms with Gasteiger partial charge < -0.3 is 5.11 Å². The van der Waals surface area contributed by atoms with E-state index < -0.39 is 5.60 Å². The summed E-state index contributed by atoms with van der Waals surface area (Å²) in [5, 5.41) is 9.62. The quantitative estimate of drug-likeness (QED) is 0.295. The third kappa shape index (κ3) is 3.30. The van der Waals surface area contributed by atoms with Gasteiger partial charge in [0.25, 0.3) is 0 Å². The van der Waals surface area contributed by atoms with E-state index in [-0.39, 0.29) is 5.91 Å². The number of likely N-dealkylation sites (tertiary alicyclic amines) is 1. The first-order valence-corrected chi connectivity index (χ1v) is 4.48. The standard InChI is InChI=1S/C8H17N3O2/c1-8(13)3-5-11(6-8)4-2-7(12)10-9/h13H,2-6,9H2,1H3,(H,10,12). The van der Waals surface area contributed by atoms with Gasteiger partial charge in [0, 0.05) is 26.1 Å². The molecule has 76 valence electrons. The second kappa shape index (κ2) is 4.04. The third-order valence-corrected chi connectivity index (χ3v) is 2.35. The van der Waals surface area contributed by atoms with Crippen LogP contribution < -0.4 is 11.3 Å². The maximum Gasteiger partial charge on any atom is 0.235 e. The summed E-state index contributed by atoms with van der Waals surface area (Å²) in [7, 11) is 0. The Bertz CT molecular complexity index is 194. The number of rotatable bonds is 3. The van der Waals surface area contributed by atoms with Crippen molar-refractivity contribution in [3.63, 3.8) is 0 Å². The van der Waals surface area contributed by atoms with Crippen molar-refractivity contribution in [1.82, 2.24) is 10.3 Å². The van der Waals surface area contributed by atoms with E-state index in [1.807, 2.05) is 6.92 Å². The van der Waals surface area contributed by atoms with Crippen LogP contribution >= 0.6 is 0 Å². The number of aliphatic hydroxyl groups is 1. The van der Waals surface area contributed by atoms with Crippen LogP contribution in [-0.4, -0.2) is 41.1 Å². The Kier molecular flexibility index (Phi) is 3.24. The normalized spacial score (nSPS) is 29.2. The fraction of sp³-hybridized carbons (Fsp3) is 0.875. The van der Waals surface area contributed by atoms with Gasteiger partial charge in [0.05, 0.1) is 5.60 Å². The summed E-state index contributed by atoms with van der Waals surface area (Å²) >= 11 is 0. The number of carbonyl (C=O) groups excluding carboxylic acids is 1. The summed E-state index contributed by atoms with van der Waals surface area (Å²) in [4.78, 5) is 12.9. The van der Waals surface area contributed by atoms with Crippen LogP contribution in [0.5, 0.6) is 0 Å². The first kappa shape index (κ1) is 10.4. The highest BCUT2D eigenvalue weighted by Gasteiger charge is 2.30. The lowest BCUT2D eigenvalue weighted by Gasteiger charge is -2.18. The lowest BCUT2D eigenvalue weighted by Crippen LogP contribution is -2.35. The number of amides is 1. The molecule has 5 heteroatoms. The van der Waals surface area contributed by atoms with E-state index in [0.717, 1.165) is 13.0 Å². The first-order valence-electron chi connectivity index (χ1n) is 4.48. The number of hydrogen-bond donors (Lipinski definition) is 3. The fourth-order valence-electron chi connectivity index (χ4n) is 1.56. The lowest BCUT2D eigenvalue weighted by molar-refractivity contribution is -0.121. The first-order chi connectivity index (χ1) is 6.03. The molecule has 13 heavy (non-hydrogen) atoms. The van der Waals surface area contributed by atoms with Crippen LogP contribution in [0.1, 0.15) is 19.8 Å². The molecule has 1 heterocycles. The maximum absolute atomic E-state index is 10.8. The van der Waals surface area contributed by atoms with Crippen LogP contribution in [0.15, 0.2) is 0 Å². The number of hydrazine groups is 1. The molecule has 1 rings (SSSR count). The van der Waals surface area contributed by atoms with E-state index in [0.29, 0.717) is 19.5 Å². The topological polar surface area (TPSA) is 78.6 Å². The van der Waals surface area contributed by atoms with Crippen molar-refractivity contribution in [1.29, 1.82) is 0 Å². The van der Waals surface area contributed by atoms with Crippen molar-refractivity contribution in [3.8, 4) is 0 Å². The molecule has 4 N–H and O–H groups in total. The molecule has 5 nitrogen and oxygen atoms in total. The molecular weight excluding hydrogens is 170 g/mol. The molecule has 0 aromatic rings. The molecule has 0 aromatic carbocycles. The SMILES string of the molecule is CC1(O)CCN(CCC(=O)NN)C1. The summed E-state index contributed by atoms with van der Waals surface area (Å²) in [6.07, 6.45) is 1.17. The van der Waals surface area contributed by atoms with Gasteiger partial charge in [-0.3, -0.25) is 15.1 Å². The summed E-state index contributed by atoms with van der Waals surface area (Å²) in [6.45, 7) is 3.98. The smallest absolute Gasteiger partial charge is 0.235 e. The Morgan fingerprint density at radius 3 is 2.92 bits per heavy atom. The Balaban J connectivity index is 2.21. The molecule has 0 spiro atoms. The average molecular weight is 187 g/mol. The molecule has 0 aromatic heterocycles. The van der Waals surface area contributed by atoms with E-state index in [4.69, 9.17) is 5.84 Å². The number of nitrogens with two attached hydrogens (primary N) is 1. The van der Waals surface area contributed by atoms with Crippen molar-refractivity contribution in [2.24, 2.45) is 5.84 Å². The molecule has 1 saturated heterocycles. The molecular formula is C8H17N3O2. The molecule has 1 aliphatic heterocycles. The zero-order valence-corrected chi connectivity index (χ0v) is 7.92. The van der Waals surface area contributed by atoms with Crippen LogP contribution in [0.4, 0.5) is 0 Å². The Hall–Kier alpha value is -0.650. The second-order valence-electron chi connectivity index (χ2n) is 3.84. The number of β-amino-alcohol motifs (C(OH)–C–C–N with tert-alkyl or cyclic N) is 1. The van der Waals surface area contributed by atoms with Crippen molar-refractivity contribution >= 4 is 5.91 Å². The highest BCUT2D eigenvalue weighted by Crippen LogP contribution is 2.19. The fourth-order valence-corrected chi connectivity index (χ4v) is 1.56. The second-order valence-corrected chi connectivity index (χ2v) is 3.84. The highest BCUT2D eigenvalue weighted by molar-refractivity contribution is 5.75. The molecule has 1 fully saturated rings. The zero-order valence-electron chi connectivity index (χ0n) is 7.92. The van der Waals surface area contributed by atoms with Gasteiger partial charge in [0.15, 0.2) is 0 Å². The number of carbonyl (C=O) groups is 1. The van der Waals surface area contributed by atoms with Gasteiger partial charge in [-0.15, -0.1) is 0 Å². The molecule has 1 atom stereocenters. The van der Waals surface area contributed by atoms with Gasteiger partial charge in [0.1, 0.15) is 0 Å². The monoisotopic (exact) mass is 187 g/mol. The van der Waals surface area contributed by atoms with Crippen molar-refractivity contribution in [2.45, 2.75) is 25.4 Å². The third-order valence-electron chi connectivity index (χ3n) is 2.35. The van der Waals surface area contributed by atoms with Gasteiger partial charge in [0.2, 0.25) is 5.91 Å². The zero-order chi connectivity index (χ0) is 9.90. The minimum atomic E-state index is -0.584. The molecule has 0 bridgehead atoms. The van der Waals surface area contributed by atoms with E-state index in [1.165, 1.54) is 0 Å². The van der Waals surface area contributed by atoms with E-state index in [1.54, 1.807) is 0 Å². The number of hydrogen-bond acceptors (Lipinski definition) is 4. The molecule has 1 aliphatic rings. The van der Waals surface area contributed by atoms with Crippen LogP contribution in [0.3, 0.4) is 0 Å². The highest BCUT2D eigenvalue weighted by atomic mass is 16.3. The van der Waals surface area contributed by atoms with Gasteiger partial charge in [-0.25, -0.2) is 5.84 Å². The van der Waals surface area contributed by atoms with Gasteiger partial charge in [-0.1, -0.05) is 0 Å². The number of nitrogens with zero attached hydrogens (tertiary/aromatic N) is 1. The van der Waals surface area contributed by atoms with E-state index >= 15 is 0 Å². The summed E-state index contributed by atoms with van der Waals surface area (Å²) < 4.78 is 0. The summed E-state index contributed by atoms with van der Waals surface area (Å²) in [6, 6.07) is 0. The van der Waals surface area contributed by atoms with E-state index in [9.17, 15) is 9.90 Å². The van der Waals surface area contributed by atoms with Crippen LogP contribution in [0.25, 0.3) is 0 Å². The molecule has 0 aliphatic carbocycles. The van der Waals surface area contributed by atoms with E-state index in [2.05, 4.69) is 10.3 Å². The minimum Gasteiger partial charge on any atom is -0.389 e. The predicted octanol–water partition coefficient (Wildman–Crippen LogP) is -1.18. The Labute approximate surface area is 77.9 Å². The van der Waals surface area contributed by atoms with Crippen molar-refractivity contribution in [2.75, 3.05) is 19.6 Å². The van der Waals surface area contributed by atoms with Crippen LogP contribution in [0, 0.1) is 0 Å². The number of nitrogens with one attached hydrogen (secondary N) is 1. The Morgan fingerprint density at radius 1 is 1.77 bits per heavy atom. The minimum absolute atomic E-state index is 0.161. The molecule has 1 amide bonds.